The summed E-state index contributed by atoms with van der Waals surface area (Å²) in [5.74, 6) is 2.15. The minimum absolute atomic E-state index is 0.837. The predicted molar refractivity (Wildman–Crippen MR) is 64.9 cm³/mol. The number of hydrogen-bond donors (Lipinski definition) is 0. The molecular formula is C8H16ClIS. The Kier molecular flexibility index (Phi) is 12.8. The van der Waals surface area contributed by atoms with Crippen LogP contribution in [0.15, 0.2) is 0 Å². The highest BCUT2D eigenvalue weighted by molar-refractivity contribution is 14.2. The quantitative estimate of drug-likeness (QED) is 0.357. The maximum atomic E-state index is 5.56. The predicted octanol–water partition coefficient (Wildman–Crippen LogP) is 4.65. The summed E-state index contributed by atoms with van der Waals surface area (Å²) >= 11 is 7.92. The van der Waals surface area contributed by atoms with E-state index in [0.29, 0.717) is 0 Å². The molecule has 11 heavy (non-hydrogen) atoms. The van der Waals surface area contributed by atoms with Crippen molar-refractivity contribution in [2.75, 3.05) is 11.6 Å². The second kappa shape index (κ2) is 11.4. The van der Waals surface area contributed by atoms with Gasteiger partial charge in [-0.2, -0.15) is 0 Å². The molecule has 0 aliphatic rings. The molecule has 0 rings (SSSR count). The summed E-state index contributed by atoms with van der Waals surface area (Å²) in [6, 6.07) is 0. The lowest BCUT2D eigenvalue weighted by atomic mass is 10.1. The molecule has 0 radical (unpaired) electrons. The fourth-order valence-electron chi connectivity index (χ4n) is 0.958. The van der Waals surface area contributed by atoms with Crippen LogP contribution in [0.4, 0.5) is 0 Å². The highest BCUT2D eigenvalue weighted by atomic mass is 127. The summed E-state index contributed by atoms with van der Waals surface area (Å²) in [6.45, 7) is 0. The normalized spacial score (nSPS) is 10.4. The van der Waals surface area contributed by atoms with Crippen molar-refractivity contribution in [1.29, 1.82) is 0 Å². The Morgan fingerprint density at radius 2 is 1.45 bits per heavy atom. The van der Waals surface area contributed by atoms with E-state index < -0.39 is 0 Å². The van der Waals surface area contributed by atoms with Crippen molar-refractivity contribution < 1.29 is 0 Å². The SMILES string of the molecule is ClCCCCCCCCSI. The third kappa shape index (κ3) is 11.4. The van der Waals surface area contributed by atoms with Crippen LogP contribution >= 0.6 is 41.7 Å². The molecule has 0 aliphatic heterocycles. The zero-order valence-corrected chi connectivity index (χ0v) is 10.6. The molecule has 0 fully saturated rings. The molecule has 0 aromatic carbocycles. The second-order valence-corrected chi connectivity index (χ2v) is 5.50. The molecule has 0 heterocycles. The van der Waals surface area contributed by atoms with Crippen molar-refractivity contribution in [1.82, 2.24) is 0 Å². The molecule has 68 valence electrons. The number of alkyl halides is 1. The van der Waals surface area contributed by atoms with E-state index in [1.807, 2.05) is 8.93 Å². The van der Waals surface area contributed by atoms with E-state index in [4.69, 9.17) is 11.6 Å². The van der Waals surface area contributed by atoms with Crippen LogP contribution in [-0.4, -0.2) is 11.6 Å². The van der Waals surface area contributed by atoms with Gasteiger partial charge in [-0.25, -0.2) is 0 Å². The van der Waals surface area contributed by atoms with E-state index in [2.05, 4.69) is 21.2 Å². The lowest BCUT2D eigenvalue weighted by molar-refractivity contribution is 0.629. The van der Waals surface area contributed by atoms with Gasteiger partial charge < -0.3 is 0 Å². The fraction of sp³-hybridized carbons (Fsp3) is 1.00. The first-order valence-electron chi connectivity index (χ1n) is 4.21. The molecule has 0 unspecified atom stereocenters. The average Bonchev–Trinajstić information content (AvgIpc) is 2.03. The Morgan fingerprint density at radius 3 is 2.00 bits per heavy atom. The number of hydrogen-bond acceptors (Lipinski definition) is 1. The first-order chi connectivity index (χ1) is 5.41. The van der Waals surface area contributed by atoms with Gasteiger partial charge in [-0.1, -0.05) is 34.6 Å². The minimum atomic E-state index is 0.837. The van der Waals surface area contributed by atoms with Gasteiger partial charge in [0.15, 0.2) is 0 Å². The van der Waals surface area contributed by atoms with Crippen LogP contribution in [0.1, 0.15) is 38.5 Å². The molecule has 0 aromatic rings. The molecule has 0 saturated heterocycles. The monoisotopic (exact) mass is 306 g/mol. The lowest BCUT2D eigenvalue weighted by Crippen LogP contribution is -1.81. The molecule has 0 bridgehead atoms. The largest absolute Gasteiger partial charge is 0.127 e. The summed E-state index contributed by atoms with van der Waals surface area (Å²) < 4.78 is 0. The third-order valence-electron chi connectivity index (χ3n) is 1.61. The molecule has 0 atom stereocenters. The van der Waals surface area contributed by atoms with Crippen molar-refractivity contribution in [2.45, 2.75) is 38.5 Å². The van der Waals surface area contributed by atoms with Crippen molar-refractivity contribution in [3.8, 4) is 0 Å². The lowest BCUT2D eigenvalue weighted by Gasteiger charge is -1.98. The van der Waals surface area contributed by atoms with Gasteiger partial charge in [0.25, 0.3) is 0 Å². The van der Waals surface area contributed by atoms with Crippen molar-refractivity contribution in [2.24, 2.45) is 0 Å². The second-order valence-electron chi connectivity index (χ2n) is 2.62. The van der Waals surface area contributed by atoms with Crippen LogP contribution in [0.25, 0.3) is 0 Å². The van der Waals surface area contributed by atoms with Gasteiger partial charge in [-0.05, 0) is 34.0 Å². The standard InChI is InChI=1S/C8H16ClIS/c9-7-5-3-1-2-4-6-8-11-10/h1-8H2. The minimum Gasteiger partial charge on any atom is -0.127 e. The van der Waals surface area contributed by atoms with Crippen LogP contribution in [0, 0.1) is 0 Å². The van der Waals surface area contributed by atoms with Gasteiger partial charge in [0.1, 0.15) is 0 Å². The van der Waals surface area contributed by atoms with E-state index in [-0.39, 0.29) is 0 Å². The van der Waals surface area contributed by atoms with Gasteiger partial charge >= 0.3 is 0 Å². The third-order valence-corrected chi connectivity index (χ3v) is 3.64. The molecule has 0 saturated carbocycles. The molecule has 0 spiro atoms. The van der Waals surface area contributed by atoms with E-state index >= 15 is 0 Å². The van der Waals surface area contributed by atoms with Crippen molar-refractivity contribution >= 4 is 41.7 Å². The Hall–Kier alpha value is 1.37. The smallest absolute Gasteiger partial charge is 0.0223 e. The molecule has 3 heteroatoms. The van der Waals surface area contributed by atoms with E-state index in [1.165, 1.54) is 44.3 Å². The first kappa shape index (κ1) is 12.4. The Labute approximate surface area is 91.4 Å². The number of unbranched alkanes of at least 4 members (excludes halogenated alkanes) is 5. The van der Waals surface area contributed by atoms with Gasteiger partial charge in [-0.15, -0.1) is 11.6 Å². The average molecular weight is 307 g/mol. The van der Waals surface area contributed by atoms with E-state index in [0.717, 1.165) is 5.88 Å². The van der Waals surface area contributed by atoms with Crippen LogP contribution < -0.4 is 0 Å². The molecule has 0 N–H and O–H groups in total. The van der Waals surface area contributed by atoms with Gasteiger partial charge in [-0.3, -0.25) is 0 Å². The molecule has 0 aromatic heterocycles. The zero-order valence-electron chi connectivity index (χ0n) is 6.82. The maximum Gasteiger partial charge on any atom is 0.0223 e. The Morgan fingerprint density at radius 1 is 0.909 bits per heavy atom. The topological polar surface area (TPSA) is 0 Å². The first-order valence-corrected chi connectivity index (χ1v) is 8.27. The molecule has 0 aliphatic carbocycles. The highest BCUT2D eigenvalue weighted by Crippen LogP contribution is 2.14. The van der Waals surface area contributed by atoms with Crippen LogP contribution in [0.3, 0.4) is 0 Å². The zero-order chi connectivity index (χ0) is 8.36. The van der Waals surface area contributed by atoms with Crippen LogP contribution in [-0.2, 0) is 0 Å². The maximum absolute atomic E-state index is 5.56. The highest BCUT2D eigenvalue weighted by Gasteiger charge is 1.89. The van der Waals surface area contributed by atoms with Crippen LogP contribution in [0.2, 0.25) is 0 Å². The van der Waals surface area contributed by atoms with Gasteiger partial charge in [0.05, 0.1) is 0 Å². The number of rotatable bonds is 8. The number of halogens is 2. The summed E-state index contributed by atoms with van der Waals surface area (Å²) in [7, 11) is 1.92. The molecule has 0 nitrogen and oxygen atoms in total. The Bertz CT molecular complexity index is 63.1. The fourth-order valence-corrected chi connectivity index (χ4v) is 2.39. The van der Waals surface area contributed by atoms with Crippen molar-refractivity contribution in [3.05, 3.63) is 0 Å². The molecule has 0 amide bonds. The summed E-state index contributed by atoms with van der Waals surface area (Å²) in [4.78, 5) is 0. The Balaban J connectivity index is 2.69. The summed E-state index contributed by atoms with van der Waals surface area (Å²) in [6.07, 6.45) is 8.07. The van der Waals surface area contributed by atoms with Gasteiger partial charge in [0, 0.05) is 11.6 Å². The van der Waals surface area contributed by atoms with E-state index in [1.54, 1.807) is 0 Å². The van der Waals surface area contributed by atoms with Crippen molar-refractivity contribution in [3.63, 3.8) is 0 Å². The van der Waals surface area contributed by atoms with E-state index in [9.17, 15) is 0 Å². The van der Waals surface area contributed by atoms with Gasteiger partial charge in [0.2, 0.25) is 0 Å². The molecular weight excluding hydrogens is 291 g/mol. The summed E-state index contributed by atoms with van der Waals surface area (Å²) in [5, 5.41) is 0. The summed E-state index contributed by atoms with van der Waals surface area (Å²) in [5.41, 5.74) is 0. The van der Waals surface area contributed by atoms with Crippen LogP contribution in [0.5, 0.6) is 0 Å².